The average Bonchev–Trinajstić information content (AvgIpc) is 2.46. The first kappa shape index (κ1) is 14.7. The normalized spacial score (nSPS) is 20.5. The van der Waals surface area contributed by atoms with Crippen LogP contribution in [-0.2, 0) is 4.79 Å². The summed E-state index contributed by atoms with van der Waals surface area (Å²) in [4.78, 5) is 22.8. The Morgan fingerprint density at radius 3 is 2.50 bits per heavy atom. The van der Waals surface area contributed by atoms with Gasteiger partial charge in [-0.2, -0.15) is 0 Å². The maximum absolute atomic E-state index is 12.4. The first-order valence-corrected chi connectivity index (χ1v) is 7.47. The van der Waals surface area contributed by atoms with Crippen LogP contribution in [0.5, 0.6) is 0 Å². The van der Waals surface area contributed by atoms with Gasteiger partial charge in [0.15, 0.2) is 0 Å². The first-order chi connectivity index (χ1) is 10.6. The lowest BCUT2D eigenvalue weighted by Crippen LogP contribution is -2.45. The van der Waals surface area contributed by atoms with Crippen LogP contribution in [-0.4, -0.2) is 40.9 Å². The zero-order chi connectivity index (χ0) is 15.5. The molecular weight excluding hydrogens is 276 g/mol. The third kappa shape index (κ3) is 2.99. The highest BCUT2D eigenvalue weighted by Crippen LogP contribution is 2.33. The summed E-state index contributed by atoms with van der Waals surface area (Å²) >= 11 is 0. The van der Waals surface area contributed by atoms with Crippen molar-refractivity contribution in [3.05, 3.63) is 43.0 Å². The van der Waals surface area contributed by atoms with Gasteiger partial charge >= 0.3 is 0 Å². The number of anilines is 1. The number of rotatable bonds is 4. The van der Waals surface area contributed by atoms with E-state index in [0.717, 1.165) is 29.7 Å². The van der Waals surface area contributed by atoms with Gasteiger partial charge in [-0.05, 0) is 50.7 Å². The molecule has 3 rings (SSSR count). The van der Waals surface area contributed by atoms with Crippen molar-refractivity contribution in [3.8, 4) is 11.1 Å². The Balaban J connectivity index is 1.73. The van der Waals surface area contributed by atoms with Crippen LogP contribution in [0.4, 0.5) is 5.69 Å². The summed E-state index contributed by atoms with van der Waals surface area (Å²) < 4.78 is 0. The number of amides is 1. The zero-order valence-corrected chi connectivity index (χ0v) is 12.9. The van der Waals surface area contributed by atoms with Gasteiger partial charge in [0.05, 0.1) is 5.69 Å². The van der Waals surface area contributed by atoms with E-state index < -0.39 is 0 Å². The number of nitrogens with zero attached hydrogens (tertiary/aromatic N) is 3. The van der Waals surface area contributed by atoms with E-state index in [1.807, 2.05) is 18.2 Å². The van der Waals surface area contributed by atoms with Gasteiger partial charge in [-0.3, -0.25) is 14.8 Å². The minimum atomic E-state index is 0.0969. The molecule has 0 bridgehead atoms. The summed E-state index contributed by atoms with van der Waals surface area (Å²) in [6.07, 6.45) is 8.80. The quantitative estimate of drug-likeness (QED) is 0.941. The summed E-state index contributed by atoms with van der Waals surface area (Å²) in [6.45, 7) is 0. The number of carbonyl (C=O) groups is 1. The van der Waals surface area contributed by atoms with E-state index in [-0.39, 0.29) is 11.8 Å². The number of nitrogens with one attached hydrogen (secondary N) is 1. The second kappa shape index (κ2) is 6.23. The molecule has 1 saturated carbocycles. The molecule has 5 heteroatoms. The van der Waals surface area contributed by atoms with Gasteiger partial charge in [0.25, 0.3) is 0 Å². The molecule has 1 aliphatic rings. The van der Waals surface area contributed by atoms with Crippen molar-refractivity contribution in [1.82, 2.24) is 14.9 Å². The van der Waals surface area contributed by atoms with Crippen molar-refractivity contribution < 1.29 is 4.79 Å². The van der Waals surface area contributed by atoms with Crippen molar-refractivity contribution in [3.63, 3.8) is 0 Å². The van der Waals surface area contributed by atoms with Crippen LogP contribution < -0.4 is 5.32 Å². The summed E-state index contributed by atoms with van der Waals surface area (Å²) in [7, 11) is 4.12. The van der Waals surface area contributed by atoms with Crippen molar-refractivity contribution in [2.24, 2.45) is 5.92 Å². The molecule has 22 heavy (non-hydrogen) atoms. The lowest BCUT2D eigenvalue weighted by atomic mass is 9.79. The molecule has 114 valence electrons. The molecule has 0 saturated heterocycles. The second-order valence-corrected chi connectivity index (χ2v) is 5.93. The molecule has 0 atom stereocenters. The van der Waals surface area contributed by atoms with Crippen LogP contribution in [0.3, 0.4) is 0 Å². The van der Waals surface area contributed by atoms with Gasteiger partial charge < -0.3 is 10.2 Å². The van der Waals surface area contributed by atoms with Crippen LogP contribution in [0, 0.1) is 5.92 Å². The van der Waals surface area contributed by atoms with Crippen LogP contribution in [0.15, 0.2) is 43.0 Å². The Labute approximate surface area is 130 Å². The smallest absolute Gasteiger partial charge is 0.227 e. The summed E-state index contributed by atoms with van der Waals surface area (Å²) in [5.74, 6) is 0.200. The molecular formula is C17H20N4O. The van der Waals surface area contributed by atoms with Crippen LogP contribution in [0.1, 0.15) is 12.8 Å². The van der Waals surface area contributed by atoms with Gasteiger partial charge in [0.1, 0.15) is 0 Å². The monoisotopic (exact) mass is 296 g/mol. The predicted molar refractivity (Wildman–Crippen MR) is 86.3 cm³/mol. The molecule has 2 heterocycles. The molecule has 5 nitrogen and oxygen atoms in total. The molecule has 1 amide bonds. The molecule has 2 aromatic heterocycles. The lowest BCUT2D eigenvalue weighted by molar-refractivity contribution is -0.124. The third-order valence-corrected chi connectivity index (χ3v) is 4.28. The average molecular weight is 296 g/mol. The van der Waals surface area contributed by atoms with Gasteiger partial charge in [-0.15, -0.1) is 0 Å². The highest BCUT2D eigenvalue weighted by molar-refractivity contribution is 5.97. The number of pyridine rings is 2. The van der Waals surface area contributed by atoms with Crippen LogP contribution in [0.25, 0.3) is 11.1 Å². The number of carbonyl (C=O) groups excluding carboxylic acids is 1. The van der Waals surface area contributed by atoms with Crippen molar-refractivity contribution >= 4 is 11.6 Å². The molecule has 0 spiro atoms. The lowest BCUT2D eigenvalue weighted by Gasteiger charge is -2.38. The number of aromatic nitrogens is 2. The topological polar surface area (TPSA) is 58.1 Å². The Hall–Kier alpha value is -2.27. The van der Waals surface area contributed by atoms with Crippen molar-refractivity contribution in [1.29, 1.82) is 0 Å². The van der Waals surface area contributed by atoms with E-state index in [4.69, 9.17) is 0 Å². The van der Waals surface area contributed by atoms with Gasteiger partial charge in [-0.25, -0.2) is 0 Å². The SMILES string of the molecule is CN(C)C1CC(C(=O)Nc2ccncc2-c2ccncc2)C1. The van der Waals surface area contributed by atoms with Gasteiger partial charge in [0, 0.05) is 42.3 Å². The number of hydrogen-bond acceptors (Lipinski definition) is 4. The Morgan fingerprint density at radius 2 is 1.82 bits per heavy atom. The third-order valence-electron chi connectivity index (χ3n) is 4.28. The standard InChI is InChI=1S/C17H20N4O/c1-21(2)14-9-13(10-14)17(22)20-16-5-8-19-11-15(16)12-3-6-18-7-4-12/h3-8,11,13-14H,9-10H2,1-2H3,(H,19,20,22). The first-order valence-electron chi connectivity index (χ1n) is 7.47. The maximum atomic E-state index is 12.4. The fourth-order valence-corrected chi connectivity index (χ4v) is 2.72. The molecule has 0 unspecified atom stereocenters. The number of hydrogen-bond donors (Lipinski definition) is 1. The highest BCUT2D eigenvalue weighted by atomic mass is 16.1. The largest absolute Gasteiger partial charge is 0.325 e. The second-order valence-electron chi connectivity index (χ2n) is 5.93. The van der Waals surface area contributed by atoms with E-state index >= 15 is 0 Å². The summed E-state index contributed by atoms with van der Waals surface area (Å²) in [5, 5.41) is 3.05. The van der Waals surface area contributed by atoms with Crippen molar-refractivity contribution in [2.75, 3.05) is 19.4 Å². The van der Waals surface area contributed by atoms with E-state index in [0.29, 0.717) is 6.04 Å². The molecule has 2 aromatic rings. The van der Waals surface area contributed by atoms with Crippen LogP contribution in [0.2, 0.25) is 0 Å². The fraction of sp³-hybridized carbons (Fsp3) is 0.353. The Kier molecular flexibility index (Phi) is 4.15. The Bertz CT molecular complexity index is 651. The molecule has 1 N–H and O–H groups in total. The minimum absolute atomic E-state index is 0.0969. The highest BCUT2D eigenvalue weighted by Gasteiger charge is 2.35. The molecule has 0 aromatic carbocycles. The van der Waals surface area contributed by atoms with E-state index in [2.05, 4.69) is 34.3 Å². The summed E-state index contributed by atoms with van der Waals surface area (Å²) in [5.41, 5.74) is 2.72. The molecule has 1 fully saturated rings. The predicted octanol–water partition coefficient (Wildman–Crippen LogP) is 2.42. The Morgan fingerprint density at radius 1 is 1.14 bits per heavy atom. The van der Waals surface area contributed by atoms with Crippen LogP contribution >= 0.6 is 0 Å². The minimum Gasteiger partial charge on any atom is -0.325 e. The molecule has 0 aliphatic heterocycles. The van der Waals surface area contributed by atoms with E-state index in [9.17, 15) is 4.79 Å². The van der Waals surface area contributed by atoms with Gasteiger partial charge in [-0.1, -0.05) is 0 Å². The van der Waals surface area contributed by atoms with E-state index in [1.54, 1.807) is 24.8 Å². The van der Waals surface area contributed by atoms with Gasteiger partial charge in [0.2, 0.25) is 5.91 Å². The maximum Gasteiger partial charge on any atom is 0.227 e. The fourth-order valence-electron chi connectivity index (χ4n) is 2.72. The van der Waals surface area contributed by atoms with Crippen molar-refractivity contribution in [2.45, 2.75) is 18.9 Å². The molecule has 0 radical (unpaired) electrons. The molecule has 1 aliphatic carbocycles. The summed E-state index contributed by atoms with van der Waals surface area (Å²) in [6, 6.07) is 6.19. The van der Waals surface area contributed by atoms with E-state index in [1.165, 1.54) is 0 Å². The zero-order valence-electron chi connectivity index (χ0n) is 12.9.